The number of aromatic nitrogens is 2. The molecule has 2 aromatic rings. The highest BCUT2D eigenvalue weighted by atomic mass is 35.5. The van der Waals surface area contributed by atoms with Gasteiger partial charge in [-0.05, 0) is 24.6 Å². The Kier molecular flexibility index (Phi) is 7.75. The predicted molar refractivity (Wildman–Crippen MR) is 105 cm³/mol. The zero-order chi connectivity index (χ0) is 19.8. The molecule has 0 bridgehead atoms. The van der Waals surface area contributed by atoms with Gasteiger partial charge < -0.3 is 30.0 Å². The minimum absolute atomic E-state index is 0.0594. The lowest BCUT2D eigenvalue weighted by Crippen LogP contribution is -2.17. The van der Waals surface area contributed by atoms with Crippen LogP contribution in [0.3, 0.4) is 0 Å². The lowest BCUT2D eigenvalue weighted by molar-refractivity contribution is 0.0959. The zero-order valence-electron chi connectivity index (χ0n) is 15.9. The molecule has 27 heavy (non-hydrogen) atoms. The second kappa shape index (κ2) is 10.0. The number of anilines is 2. The average Bonchev–Trinajstić information content (AvgIpc) is 2.68. The number of halogens is 1. The first-order chi connectivity index (χ1) is 13.0. The van der Waals surface area contributed by atoms with Crippen molar-refractivity contribution in [2.45, 2.75) is 19.4 Å². The maximum atomic E-state index is 6.08. The van der Waals surface area contributed by atoms with Crippen LogP contribution in [0.2, 0.25) is 0 Å². The summed E-state index contributed by atoms with van der Waals surface area (Å²) in [5, 5.41) is 2.95. The van der Waals surface area contributed by atoms with Crippen LogP contribution in [0, 0.1) is 0 Å². The minimum atomic E-state index is -0.0594. The Morgan fingerprint density at radius 2 is 1.81 bits per heavy atom. The zero-order valence-corrected chi connectivity index (χ0v) is 16.7. The van der Waals surface area contributed by atoms with E-state index in [0.717, 1.165) is 11.1 Å². The van der Waals surface area contributed by atoms with Crippen LogP contribution in [-0.4, -0.2) is 50.0 Å². The van der Waals surface area contributed by atoms with Crippen LogP contribution in [0.15, 0.2) is 18.3 Å². The predicted octanol–water partition coefficient (Wildman–Crippen LogP) is 2.69. The molecule has 148 valence electrons. The van der Waals surface area contributed by atoms with Crippen molar-refractivity contribution in [3.05, 3.63) is 29.5 Å². The molecule has 8 nitrogen and oxygen atoms in total. The van der Waals surface area contributed by atoms with Gasteiger partial charge in [-0.1, -0.05) is 0 Å². The van der Waals surface area contributed by atoms with Crippen LogP contribution in [0.4, 0.5) is 11.8 Å². The van der Waals surface area contributed by atoms with Crippen molar-refractivity contribution in [1.82, 2.24) is 9.97 Å². The van der Waals surface area contributed by atoms with E-state index in [1.165, 1.54) is 0 Å². The number of hydrogen-bond acceptors (Lipinski definition) is 8. The van der Waals surface area contributed by atoms with Crippen LogP contribution >= 0.6 is 11.6 Å². The molecule has 0 amide bonds. The van der Waals surface area contributed by atoms with E-state index in [9.17, 15) is 0 Å². The highest BCUT2D eigenvalue weighted by Gasteiger charge is 2.14. The Morgan fingerprint density at radius 3 is 2.33 bits per heavy atom. The van der Waals surface area contributed by atoms with Crippen LogP contribution in [0.5, 0.6) is 17.2 Å². The second-order valence-electron chi connectivity index (χ2n) is 5.77. The fraction of sp³-hybridized carbons (Fsp3) is 0.444. The number of nitrogens with zero attached hydrogens (tertiary/aromatic N) is 2. The molecule has 9 heteroatoms. The third kappa shape index (κ3) is 5.51. The first-order valence-corrected chi connectivity index (χ1v) is 8.87. The van der Waals surface area contributed by atoms with E-state index < -0.39 is 0 Å². The molecule has 0 spiro atoms. The maximum Gasteiger partial charge on any atom is 0.226 e. The smallest absolute Gasteiger partial charge is 0.226 e. The largest absolute Gasteiger partial charge is 0.493 e. The van der Waals surface area contributed by atoms with Gasteiger partial charge in [0.05, 0.1) is 27.4 Å². The van der Waals surface area contributed by atoms with Gasteiger partial charge in [0.15, 0.2) is 11.5 Å². The Bertz CT molecular complexity index is 735. The summed E-state index contributed by atoms with van der Waals surface area (Å²) in [4.78, 5) is 8.54. The van der Waals surface area contributed by atoms with Gasteiger partial charge in [-0.15, -0.1) is 11.6 Å². The molecule has 1 heterocycles. The Balaban J connectivity index is 2.13. The van der Waals surface area contributed by atoms with Crippen molar-refractivity contribution in [3.8, 4) is 17.2 Å². The average molecular weight is 397 g/mol. The lowest BCUT2D eigenvalue weighted by Gasteiger charge is -2.15. The monoisotopic (exact) mass is 396 g/mol. The van der Waals surface area contributed by atoms with Gasteiger partial charge in [0.1, 0.15) is 12.5 Å². The molecular weight excluding hydrogens is 372 g/mol. The molecule has 3 N–H and O–H groups in total. The number of hydrogen-bond donors (Lipinski definition) is 2. The van der Waals surface area contributed by atoms with Gasteiger partial charge in [-0.25, -0.2) is 4.98 Å². The van der Waals surface area contributed by atoms with Crippen molar-refractivity contribution in [2.75, 3.05) is 45.0 Å². The van der Waals surface area contributed by atoms with Crippen LogP contribution in [0.25, 0.3) is 0 Å². The summed E-state index contributed by atoms with van der Waals surface area (Å²) >= 11 is 5.69. The minimum Gasteiger partial charge on any atom is -0.493 e. The van der Waals surface area contributed by atoms with E-state index in [1.54, 1.807) is 27.5 Å². The standard InChI is InChI=1S/C18H25ClN4O4/c1-11(8-19)27-10-22-18-21-9-13(17(20)23-18)5-12-6-14(24-2)16(26-4)15(7-12)25-3/h6-7,9,11H,5,8,10H2,1-4H3,(H3,20,21,22,23). The molecule has 1 aromatic carbocycles. The normalized spacial score (nSPS) is 11.7. The van der Waals surface area contributed by atoms with Crippen molar-refractivity contribution >= 4 is 23.4 Å². The van der Waals surface area contributed by atoms with E-state index in [4.69, 9.17) is 36.3 Å². The van der Waals surface area contributed by atoms with Gasteiger partial charge in [-0.3, -0.25) is 0 Å². The van der Waals surface area contributed by atoms with Crippen molar-refractivity contribution in [3.63, 3.8) is 0 Å². The van der Waals surface area contributed by atoms with Crippen molar-refractivity contribution in [1.29, 1.82) is 0 Å². The SMILES string of the molecule is COc1cc(Cc2cnc(NCOC(C)CCl)nc2N)cc(OC)c1OC. The van der Waals surface area contributed by atoms with E-state index in [1.807, 2.05) is 19.1 Å². The number of alkyl halides is 1. The van der Waals surface area contributed by atoms with E-state index >= 15 is 0 Å². The molecule has 0 aliphatic rings. The summed E-state index contributed by atoms with van der Waals surface area (Å²) in [6, 6.07) is 3.74. The summed E-state index contributed by atoms with van der Waals surface area (Å²) in [6.45, 7) is 2.13. The Hall–Kier alpha value is -2.45. The molecular formula is C18H25ClN4O4. The van der Waals surface area contributed by atoms with Crippen molar-refractivity contribution in [2.24, 2.45) is 0 Å². The van der Waals surface area contributed by atoms with E-state index in [-0.39, 0.29) is 12.8 Å². The Morgan fingerprint density at radius 1 is 1.15 bits per heavy atom. The van der Waals surface area contributed by atoms with E-state index in [0.29, 0.717) is 41.3 Å². The molecule has 0 fully saturated rings. The van der Waals surface area contributed by atoms with Crippen LogP contribution < -0.4 is 25.3 Å². The molecule has 1 atom stereocenters. The van der Waals surface area contributed by atoms with Crippen LogP contribution in [-0.2, 0) is 11.2 Å². The molecule has 1 unspecified atom stereocenters. The maximum absolute atomic E-state index is 6.08. The highest BCUT2D eigenvalue weighted by Crippen LogP contribution is 2.38. The Labute approximate surface area is 163 Å². The quantitative estimate of drug-likeness (QED) is 0.467. The van der Waals surface area contributed by atoms with Crippen LogP contribution in [0.1, 0.15) is 18.1 Å². The molecule has 0 aliphatic carbocycles. The third-order valence-corrected chi connectivity index (χ3v) is 4.27. The molecule has 1 aromatic heterocycles. The van der Waals surface area contributed by atoms with Gasteiger partial charge in [-0.2, -0.15) is 4.98 Å². The number of ether oxygens (including phenoxy) is 4. The number of nitrogens with one attached hydrogen (secondary N) is 1. The number of nitrogen functional groups attached to an aromatic ring is 1. The first kappa shape index (κ1) is 20.9. The van der Waals surface area contributed by atoms with Gasteiger partial charge in [0.2, 0.25) is 11.7 Å². The second-order valence-corrected chi connectivity index (χ2v) is 6.08. The third-order valence-electron chi connectivity index (χ3n) is 3.83. The molecule has 0 saturated carbocycles. The van der Waals surface area contributed by atoms with Gasteiger partial charge in [0, 0.05) is 24.1 Å². The summed E-state index contributed by atoms with van der Waals surface area (Å²) < 4.78 is 21.5. The van der Waals surface area contributed by atoms with E-state index in [2.05, 4.69) is 15.3 Å². The number of benzene rings is 1. The fourth-order valence-corrected chi connectivity index (χ4v) is 2.48. The molecule has 2 rings (SSSR count). The summed E-state index contributed by atoms with van der Waals surface area (Å²) in [7, 11) is 4.72. The molecule has 0 aliphatic heterocycles. The molecule has 0 radical (unpaired) electrons. The van der Waals surface area contributed by atoms with Gasteiger partial charge >= 0.3 is 0 Å². The number of methoxy groups -OCH3 is 3. The summed E-state index contributed by atoms with van der Waals surface area (Å²) in [5.74, 6) is 2.89. The highest BCUT2D eigenvalue weighted by molar-refractivity contribution is 6.18. The number of nitrogens with two attached hydrogens (primary N) is 1. The van der Waals surface area contributed by atoms with Gasteiger partial charge in [0.25, 0.3) is 0 Å². The first-order valence-electron chi connectivity index (χ1n) is 8.34. The summed E-state index contributed by atoms with van der Waals surface area (Å²) in [6.07, 6.45) is 2.14. The topological polar surface area (TPSA) is 101 Å². The lowest BCUT2D eigenvalue weighted by atomic mass is 10.1. The number of rotatable bonds is 10. The van der Waals surface area contributed by atoms with Crippen molar-refractivity contribution < 1.29 is 18.9 Å². The summed E-state index contributed by atoms with van der Waals surface area (Å²) in [5.41, 5.74) is 7.80. The fourth-order valence-electron chi connectivity index (χ4n) is 2.39. The molecule has 0 saturated heterocycles.